The first-order valence-corrected chi connectivity index (χ1v) is 11.4. The summed E-state index contributed by atoms with van der Waals surface area (Å²) in [6.07, 6.45) is -5.78. The Kier molecular flexibility index (Phi) is 9.45. The van der Waals surface area contributed by atoms with Crippen LogP contribution in [0.25, 0.3) is 0 Å². The topological polar surface area (TPSA) is 147 Å². The Hall–Kier alpha value is -1.11. The number of aliphatic hydroxyl groups excluding tert-OH is 4. The highest BCUT2D eigenvalue weighted by atomic mass is 16.7. The number of aliphatic hydroxyl groups is 4. The molecule has 0 saturated carbocycles. The molecule has 9 atom stereocenters. The second kappa shape index (κ2) is 11.1. The second-order valence-corrected chi connectivity index (χ2v) is 9.84. The molecule has 2 aliphatic heterocycles. The summed E-state index contributed by atoms with van der Waals surface area (Å²) in [5, 5.41) is 43.4. The van der Waals surface area contributed by atoms with Crippen LogP contribution in [0.15, 0.2) is 12.2 Å². The number of hydrogen-bond donors (Lipinski definition) is 5. The van der Waals surface area contributed by atoms with Crippen LogP contribution in [-0.2, 0) is 23.7 Å². The third kappa shape index (κ3) is 5.94. The quantitative estimate of drug-likeness (QED) is 0.231. The molecule has 5 N–H and O–H groups in total. The third-order valence-electron chi connectivity index (χ3n) is 7.27. The molecule has 0 aromatic rings. The van der Waals surface area contributed by atoms with E-state index in [0.717, 1.165) is 5.57 Å². The zero-order chi connectivity index (χ0) is 25.1. The van der Waals surface area contributed by atoms with Crippen molar-refractivity contribution in [2.75, 3.05) is 20.8 Å². The van der Waals surface area contributed by atoms with Gasteiger partial charge in [-0.25, -0.2) is 0 Å². The number of nitrogens with one attached hydrogen (secondary N) is 1. The lowest BCUT2D eigenvalue weighted by Gasteiger charge is -2.48. The van der Waals surface area contributed by atoms with Crippen molar-refractivity contribution < 1.29 is 44.2 Å². The van der Waals surface area contributed by atoms with Gasteiger partial charge < -0.3 is 44.7 Å². The average Bonchev–Trinajstić information content (AvgIpc) is 2.77. The van der Waals surface area contributed by atoms with E-state index in [1.807, 2.05) is 27.7 Å². The summed E-state index contributed by atoms with van der Waals surface area (Å²) in [6.45, 7) is 11.0. The van der Waals surface area contributed by atoms with Gasteiger partial charge in [0.2, 0.25) is 5.79 Å². The van der Waals surface area contributed by atoms with Crippen molar-refractivity contribution in [2.45, 2.75) is 95.6 Å². The monoisotopic (exact) mass is 475 g/mol. The molecule has 0 spiro atoms. The molecule has 2 heterocycles. The molecule has 0 radical (unpaired) electrons. The number of methoxy groups -OCH3 is 2. The van der Waals surface area contributed by atoms with E-state index in [-0.39, 0.29) is 31.3 Å². The first-order valence-electron chi connectivity index (χ1n) is 11.4. The summed E-state index contributed by atoms with van der Waals surface area (Å²) in [6, 6.07) is 0. The van der Waals surface area contributed by atoms with Crippen molar-refractivity contribution >= 4 is 5.91 Å². The maximum Gasteiger partial charge on any atom is 0.256 e. The van der Waals surface area contributed by atoms with Crippen molar-refractivity contribution in [3.05, 3.63) is 12.2 Å². The second-order valence-electron chi connectivity index (χ2n) is 9.84. The number of amides is 1. The van der Waals surface area contributed by atoms with E-state index in [1.54, 1.807) is 0 Å². The summed E-state index contributed by atoms with van der Waals surface area (Å²) in [4.78, 5) is 13.0. The predicted octanol–water partition coefficient (Wildman–Crippen LogP) is 0.0677. The minimum Gasteiger partial charge on any atom is -0.394 e. The Balaban J connectivity index is 2.15. The molecule has 0 aromatic carbocycles. The summed E-state index contributed by atoms with van der Waals surface area (Å²) in [5.74, 6) is -2.33. The lowest BCUT2D eigenvalue weighted by Crippen LogP contribution is -2.62. The van der Waals surface area contributed by atoms with Gasteiger partial charge in [0.1, 0.15) is 6.10 Å². The lowest BCUT2D eigenvalue weighted by atomic mass is 9.74. The molecule has 0 aromatic heterocycles. The van der Waals surface area contributed by atoms with Crippen LogP contribution in [0.1, 0.15) is 47.0 Å². The van der Waals surface area contributed by atoms with Crippen LogP contribution in [0.5, 0.6) is 0 Å². The largest absolute Gasteiger partial charge is 0.394 e. The Bertz CT molecular complexity index is 687. The molecule has 33 heavy (non-hydrogen) atoms. The summed E-state index contributed by atoms with van der Waals surface area (Å²) >= 11 is 0. The van der Waals surface area contributed by atoms with Gasteiger partial charge in [-0.15, -0.1) is 0 Å². The zero-order valence-corrected chi connectivity index (χ0v) is 20.5. The maximum absolute atomic E-state index is 13.0. The van der Waals surface area contributed by atoms with Crippen molar-refractivity contribution in [2.24, 2.45) is 11.3 Å². The molecular weight excluding hydrogens is 434 g/mol. The van der Waals surface area contributed by atoms with Gasteiger partial charge >= 0.3 is 0 Å². The van der Waals surface area contributed by atoms with Gasteiger partial charge in [-0.05, 0) is 6.92 Å². The van der Waals surface area contributed by atoms with Crippen LogP contribution in [-0.4, -0.2) is 95.8 Å². The third-order valence-corrected chi connectivity index (χ3v) is 7.27. The fourth-order valence-corrected chi connectivity index (χ4v) is 4.44. The highest BCUT2D eigenvalue weighted by Gasteiger charge is 2.51. The van der Waals surface area contributed by atoms with E-state index >= 15 is 0 Å². The van der Waals surface area contributed by atoms with E-state index in [4.69, 9.17) is 18.9 Å². The fraction of sp³-hybridized carbons (Fsp3) is 0.870. The number of carbonyl (C=O) groups excluding carboxylic acids is 1. The van der Waals surface area contributed by atoms with Gasteiger partial charge in [0.15, 0.2) is 12.3 Å². The van der Waals surface area contributed by atoms with Crippen LogP contribution >= 0.6 is 0 Å². The molecule has 10 heteroatoms. The van der Waals surface area contributed by atoms with Crippen LogP contribution < -0.4 is 5.32 Å². The summed E-state index contributed by atoms with van der Waals surface area (Å²) < 4.78 is 22.9. The van der Waals surface area contributed by atoms with E-state index < -0.39 is 60.5 Å². The van der Waals surface area contributed by atoms with Crippen molar-refractivity contribution in [1.29, 1.82) is 0 Å². The van der Waals surface area contributed by atoms with Crippen LogP contribution in [0.2, 0.25) is 0 Å². The summed E-state index contributed by atoms with van der Waals surface area (Å²) in [7, 11) is 2.74. The fourth-order valence-electron chi connectivity index (χ4n) is 4.44. The molecule has 2 aliphatic rings. The van der Waals surface area contributed by atoms with E-state index in [9.17, 15) is 25.2 Å². The van der Waals surface area contributed by atoms with Crippen molar-refractivity contribution in [3.63, 3.8) is 0 Å². The average molecular weight is 476 g/mol. The molecule has 2 rings (SSSR count). The predicted molar refractivity (Wildman–Crippen MR) is 119 cm³/mol. The van der Waals surface area contributed by atoms with Gasteiger partial charge in [-0.1, -0.05) is 32.9 Å². The highest BCUT2D eigenvalue weighted by molar-refractivity contribution is 5.82. The Labute approximate surface area is 195 Å². The van der Waals surface area contributed by atoms with Crippen LogP contribution in [0, 0.1) is 11.3 Å². The van der Waals surface area contributed by atoms with Gasteiger partial charge in [0.05, 0.1) is 31.0 Å². The van der Waals surface area contributed by atoms with E-state index in [2.05, 4.69) is 11.9 Å². The van der Waals surface area contributed by atoms with Gasteiger partial charge in [-0.2, -0.15) is 0 Å². The Morgan fingerprint density at radius 2 is 1.94 bits per heavy atom. The maximum atomic E-state index is 13.0. The first-order chi connectivity index (χ1) is 15.3. The Morgan fingerprint density at radius 1 is 1.30 bits per heavy atom. The molecule has 2 saturated heterocycles. The van der Waals surface area contributed by atoms with Gasteiger partial charge in [0.25, 0.3) is 5.91 Å². The summed E-state index contributed by atoms with van der Waals surface area (Å²) in [5.41, 5.74) is 0.106. The molecule has 2 fully saturated rings. The molecule has 0 bridgehead atoms. The minimum atomic E-state index is -1.68. The standard InChI is InChI=1S/C23H41NO9/c1-12-10-23(31-7,33-14(3)13(12)2)19(28)20(29)24-21(30-6)16-9-17(27)22(4,5)18(32-16)8-15(26)11-25/h13-19,21,25-28H,1,8-11H2,2-7H3,(H,24,29)/t13-,14-,15+,16?,17-,18-,19-,21+,23-/m1/s1. The molecule has 192 valence electrons. The SMILES string of the molecule is C=C1C[C@](OC)([C@H](O)C(=O)N[C@@H](OC)C2C[C@@H](O)C(C)(C)[C@@H](C[C@H](O)CO)O2)O[C@H](C)[C@@H]1C. The van der Waals surface area contributed by atoms with Crippen molar-refractivity contribution in [1.82, 2.24) is 5.32 Å². The molecule has 1 unspecified atom stereocenters. The van der Waals surface area contributed by atoms with Crippen LogP contribution in [0.3, 0.4) is 0 Å². The highest BCUT2D eigenvalue weighted by Crippen LogP contribution is 2.40. The number of rotatable bonds is 9. The number of ether oxygens (including phenoxy) is 4. The normalized spacial score (nSPS) is 37.3. The molecular formula is C23H41NO9. The molecule has 1 amide bonds. The van der Waals surface area contributed by atoms with E-state index in [0.29, 0.717) is 0 Å². The zero-order valence-electron chi connectivity index (χ0n) is 20.5. The smallest absolute Gasteiger partial charge is 0.256 e. The van der Waals surface area contributed by atoms with E-state index in [1.165, 1.54) is 14.2 Å². The minimum absolute atomic E-state index is 0.0435. The molecule has 10 nitrogen and oxygen atoms in total. The van der Waals surface area contributed by atoms with Crippen LogP contribution in [0.4, 0.5) is 0 Å². The lowest BCUT2D eigenvalue weighted by molar-refractivity contribution is -0.298. The number of carbonyl (C=O) groups is 1. The van der Waals surface area contributed by atoms with Gasteiger partial charge in [0, 0.05) is 44.8 Å². The number of hydrogen-bond acceptors (Lipinski definition) is 9. The molecule has 0 aliphatic carbocycles. The van der Waals surface area contributed by atoms with Gasteiger partial charge in [-0.3, -0.25) is 4.79 Å². The Morgan fingerprint density at radius 3 is 2.45 bits per heavy atom. The van der Waals surface area contributed by atoms with Crippen molar-refractivity contribution in [3.8, 4) is 0 Å². The first kappa shape index (κ1) is 28.1.